The van der Waals surface area contributed by atoms with E-state index < -0.39 is 0 Å². The topological polar surface area (TPSA) is 108 Å². The lowest BCUT2D eigenvalue weighted by molar-refractivity contribution is 0.0995. The van der Waals surface area contributed by atoms with Gasteiger partial charge in [-0.1, -0.05) is 18.2 Å². The molecule has 0 spiro atoms. The summed E-state index contributed by atoms with van der Waals surface area (Å²) in [4.78, 5) is 19.9. The summed E-state index contributed by atoms with van der Waals surface area (Å²) < 4.78 is 1.82. The molecule has 4 aromatic rings. The molecule has 172 valence electrons. The molecule has 0 bridgehead atoms. The highest BCUT2D eigenvalue weighted by molar-refractivity contribution is 6.10. The molecule has 1 fully saturated rings. The average Bonchev–Trinajstić information content (AvgIpc) is 3.58. The number of anilines is 1. The predicted octanol–water partition coefficient (Wildman–Crippen LogP) is 3.95. The predicted molar refractivity (Wildman–Crippen MR) is 129 cm³/mol. The Balaban J connectivity index is 1.49. The summed E-state index contributed by atoms with van der Waals surface area (Å²) in [5, 5.41) is 27.3. The first-order chi connectivity index (χ1) is 17.1. The van der Waals surface area contributed by atoms with Crippen molar-refractivity contribution in [2.45, 2.75) is 31.9 Å². The van der Waals surface area contributed by atoms with Crippen molar-refractivity contribution in [2.24, 2.45) is 7.05 Å². The molecule has 1 amide bonds. The van der Waals surface area contributed by atoms with Gasteiger partial charge in [-0.25, -0.2) is 4.98 Å². The number of nitriles is 1. The first-order valence-electron chi connectivity index (χ1n) is 11.5. The lowest BCUT2D eigenvalue weighted by Crippen LogP contribution is -2.24. The number of hydrogen-bond acceptors (Lipinski definition) is 6. The number of aromatic nitrogens is 4. The second-order valence-corrected chi connectivity index (χ2v) is 9.09. The number of carbonyl (C=O) groups is 1. The summed E-state index contributed by atoms with van der Waals surface area (Å²) in [5.74, 6) is 1.52. The van der Waals surface area contributed by atoms with Crippen LogP contribution in [-0.4, -0.2) is 30.8 Å². The molecule has 3 heterocycles. The summed E-state index contributed by atoms with van der Waals surface area (Å²) in [6, 6.07) is 17.3. The van der Waals surface area contributed by atoms with Crippen LogP contribution in [0.3, 0.4) is 0 Å². The van der Waals surface area contributed by atoms with Crippen molar-refractivity contribution in [2.75, 3.05) is 4.90 Å². The van der Waals surface area contributed by atoms with E-state index in [1.807, 2.05) is 41.9 Å². The number of rotatable bonds is 5. The summed E-state index contributed by atoms with van der Waals surface area (Å²) in [5.41, 5.74) is 6.35. The van der Waals surface area contributed by atoms with Crippen molar-refractivity contribution in [3.8, 4) is 28.6 Å². The van der Waals surface area contributed by atoms with E-state index >= 15 is 0 Å². The molecule has 8 heteroatoms. The smallest absolute Gasteiger partial charge is 0.260 e. The molecule has 0 radical (unpaired) electrons. The zero-order chi connectivity index (χ0) is 24.1. The highest BCUT2D eigenvalue weighted by Crippen LogP contribution is 2.43. The van der Waals surface area contributed by atoms with Gasteiger partial charge in [0.15, 0.2) is 5.82 Å². The van der Waals surface area contributed by atoms with Gasteiger partial charge in [0, 0.05) is 29.8 Å². The summed E-state index contributed by atoms with van der Waals surface area (Å²) in [7, 11) is 1.87. The number of nitrogens with zero attached hydrogens (tertiary/aromatic N) is 6. The minimum absolute atomic E-state index is 0.108. The molecule has 8 nitrogen and oxygen atoms in total. The fourth-order valence-electron chi connectivity index (χ4n) is 4.63. The Labute approximate surface area is 202 Å². The van der Waals surface area contributed by atoms with Gasteiger partial charge in [-0.2, -0.15) is 5.26 Å². The van der Waals surface area contributed by atoms with Crippen LogP contribution >= 0.6 is 0 Å². The van der Waals surface area contributed by atoms with Crippen LogP contribution in [0.5, 0.6) is 0 Å². The van der Waals surface area contributed by atoms with Gasteiger partial charge in [-0.05, 0) is 65.4 Å². The number of aliphatic hydroxyl groups excluding tert-OH is 1. The van der Waals surface area contributed by atoms with Crippen LogP contribution in [0.15, 0.2) is 54.9 Å². The standard InChI is InChI=1S/C27H22N6O2/c1-32-15-29-31-26(32)23-8-16(12-28)3-7-21(23)20-10-24(18-5-6-18)30-25(11-20)33-13-19-4-2-17(14-34)9-22(19)27(33)35/h2-4,7-11,15,18,34H,5-6,13-14H2,1H3. The fraction of sp³-hybridized carbons (Fsp3) is 0.222. The molecule has 0 saturated heterocycles. The zero-order valence-corrected chi connectivity index (χ0v) is 19.1. The Morgan fingerprint density at radius 3 is 2.66 bits per heavy atom. The Hall–Kier alpha value is -4.35. The number of pyridine rings is 1. The second kappa shape index (κ2) is 8.15. The molecule has 1 aliphatic heterocycles. The van der Waals surface area contributed by atoms with Crippen molar-refractivity contribution >= 4 is 11.7 Å². The van der Waals surface area contributed by atoms with E-state index in [1.54, 1.807) is 23.4 Å². The van der Waals surface area contributed by atoms with Crippen molar-refractivity contribution in [3.63, 3.8) is 0 Å². The average molecular weight is 463 g/mol. The van der Waals surface area contributed by atoms with Crippen molar-refractivity contribution < 1.29 is 9.90 Å². The Kier molecular flexibility index (Phi) is 4.94. The first kappa shape index (κ1) is 21.2. The third-order valence-corrected chi connectivity index (χ3v) is 6.68. The van der Waals surface area contributed by atoms with Crippen molar-refractivity contribution in [3.05, 3.63) is 82.8 Å². The number of aryl methyl sites for hydroxylation is 1. The van der Waals surface area contributed by atoms with Gasteiger partial charge < -0.3 is 9.67 Å². The molecular weight excluding hydrogens is 440 g/mol. The maximum absolute atomic E-state index is 13.3. The highest BCUT2D eigenvalue weighted by Gasteiger charge is 2.32. The quantitative estimate of drug-likeness (QED) is 0.481. The lowest BCUT2D eigenvalue weighted by atomic mass is 9.96. The van der Waals surface area contributed by atoms with Crippen LogP contribution < -0.4 is 4.90 Å². The van der Waals surface area contributed by atoms with E-state index in [2.05, 4.69) is 22.3 Å². The van der Waals surface area contributed by atoms with Crippen molar-refractivity contribution in [1.82, 2.24) is 19.7 Å². The summed E-state index contributed by atoms with van der Waals surface area (Å²) >= 11 is 0. The Morgan fingerprint density at radius 2 is 1.94 bits per heavy atom. The van der Waals surface area contributed by atoms with Crippen LogP contribution in [0.1, 0.15) is 51.5 Å². The van der Waals surface area contributed by atoms with Crippen LogP contribution in [0.2, 0.25) is 0 Å². The van der Waals surface area contributed by atoms with Crippen LogP contribution in [0.4, 0.5) is 5.82 Å². The maximum Gasteiger partial charge on any atom is 0.260 e. The van der Waals surface area contributed by atoms with Gasteiger partial charge in [0.2, 0.25) is 0 Å². The van der Waals surface area contributed by atoms with E-state index in [0.29, 0.717) is 40.8 Å². The van der Waals surface area contributed by atoms with Crippen LogP contribution in [-0.2, 0) is 20.2 Å². The second-order valence-electron chi connectivity index (χ2n) is 9.09. The maximum atomic E-state index is 13.3. The normalized spacial score (nSPS) is 14.8. The van der Waals surface area contributed by atoms with Gasteiger partial charge in [-0.15, -0.1) is 10.2 Å². The Bertz CT molecular complexity index is 1530. The van der Waals surface area contributed by atoms with E-state index in [4.69, 9.17) is 4.98 Å². The lowest BCUT2D eigenvalue weighted by Gasteiger charge is -2.18. The van der Waals surface area contributed by atoms with E-state index in [1.165, 1.54) is 0 Å². The van der Waals surface area contributed by atoms with Gasteiger partial charge in [0.25, 0.3) is 5.91 Å². The largest absolute Gasteiger partial charge is 0.392 e. The molecule has 0 unspecified atom stereocenters. The molecule has 2 aliphatic rings. The van der Waals surface area contributed by atoms with Gasteiger partial charge in [-0.3, -0.25) is 9.69 Å². The number of hydrogen-bond donors (Lipinski definition) is 1. The van der Waals surface area contributed by atoms with E-state index in [-0.39, 0.29) is 12.5 Å². The summed E-state index contributed by atoms with van der Waals surface area (Å²) in [6.45, 7) is 0.327. The van der Waals surface area contributed by atoms with Crippen LogP contribution in [0, 0.1) is 11.3 Å². The molecular formula is C27H22N6O2. The van der Waals surface area contributed by atoms with Crippen LogP contribution in [0.25, 0.3) is 22.5 Å². The molecule has 0 atom stereocenters. The molecule has 2 aromatic heterocycles. The number of amides is 1. The molecule has 1 N–H and O–H groups in total. The van der Waals surface area contributed by atoms with Gasteiger partial charge in [0.1, 0.15) is 12.1 Å². The molecule has 2 aromatic carbocycles. The molecule has 6 rings (SSSR count). The zero-order valence-electron chi connectivity index (χ0n) is 19.1. The van der Waals surface area contributed by atoms with Crippen molar-refractivity contribution in [1.29, 1.82) is 5.26 Å². The number of aliphatic hydroxyl groups is 1. The summed E-state index contributed by atoms with van der Waals surface area (Å²) in [6.07, 6.45) is 3.79. The number of fused-ring (bicyclic) bond motifs is 1. The third kappa shape index (κ3) is 3.66. The minimum Gasteiger partial charge on any atom is -0.392 e. The fourth-order valence-corrected chi connectivity index (χ4v) is 4.63. The van der Waals surface area contributed by atoms with Gasteiger partial charge >= 0.3 is 0 Å². The Morgan fingerprint density at radius 1 is 1.09 bits per heavy atom. The monoisotopic (exact) mass is 462 g/mol. The van der Waals surface area contributed by atoms with E-state index in [9.17, 15) is 15.2 Å². The molecule has 1 aliphatic carbocycles. The van der Waals surface area contributed by atoms with Gasteiger partial charge in [0.05, 0.1) is 24.8 Å². The molecule has 35 heavy (non-hydrogen) atoms. The minimum atomic E-state index is -0.116. The van der Waals surface area contributed by atoms with E-state index in [0.717, 1.165) is 40.8 Å². The highest BCUT2D eigenvalue weighted by atomic mass is 16.3. The SMILES string of the molecule is Cn1cnnc1-c1cc(C#N)ccc1-c1cc(C2CC2)nc(N2Cc3ccc(CO)cc3C2=O)c1. The number of benzene rings is 2. The first-order valence-corrected chi connectivity index (χ1v) is 11.5. The number of carbonyl (C=O) groups excluding carboxylic acids is 1. The third-order valence-electron chi connectivity index (χ3n) is 6.68. The molecule has 1 saturated carbocycles.